The van der Waals surface area contributed by atoms with Crippen molar-refractivity contribution in [2.45, 2.75) is 181 Å². The predicted molar refractivity (Wildman–Crippen MR) is 414 cm³/mol. The van der Waals surface area contributed by atoms with Crippen molar-refractivity contribution in [2.24, 2.45) is 81.8 Å². The van der Waals surface area contributed by atoms with Crippen molar-refractivity contribution in [1.29, 1.82) is 0 Å². The predicted octanol–water partition coefficient (Wildman–Crippen LogP) is 6.80. The summed E-state index contributed by atoms with van der Waals surface area (Å²) in [5.74, 6) is 12.1. The highest BCUT2D eigenvalue weighted by atomic mass is 32.1. The number of likely N-dealkylation sites (N-methyl/N-ethyl adjacent to an activating group) is 6. The van der Waals surface area contributed by atoms with Gasteiger partial charge in [0.25, 0.3) is 0 Å². The van der Waals surface area contributed by atoms with Crippen LogP contribution in [-0.4, -0.2) is 226 Å². The quantitative estimate of drug-likeness (QED) is 0.0597. The molecule has 6 saturated carbocycles. The molecule has 14 aliphatic rings. The second-order valence-electron chi connectivity index (χ2n) is 34.3. The summed E-state index contributed by atoms with van der Waals surface area (Å²) in [5.41, 5.74) is 4.61. The van der Waals surface area contributed by atoms with Crippen molar-refractivity contribution in [2.75, 3.05) is 94.6 Å². The Morgan fingerprint density at radius 2 is 0.880 bits per heavy atom. The number of thiazole rings is 1. The van der Waals surface area contributed by atoms with Gasteiger partial charge in [0.1, 0.15) is 16.3 Å². The molecule has 6 N–H and O–H groups in total. The highest BCUT2D eigenvalue weighted by Crippen LogP contribution is 2.50. The number of carbonyl (C=O) groups is 6. The lowest BCUT2D eigenvalue weighted by molar-refractivity contribution is -0.134. The Bertz CT molecular complexity index is 3750. The van der Waals surface area contributed by atoms with Crippen molar-refractivity contribution in [3.8, 4) is 0 Å². The number of hydrogen-bond acceptors (Lipinski definition) is 22. The number of allylic oxidation sites excluding steroid dienone is 5. The second kappa shape index (κ2) is 34.4. The van der Waals surface area contributed by atoms with Gasteiger partial charge in [-0.2, -0.15) is 0 Å². The maximum Gasteiger partial charge on any atom is 0.240 e. The minimum atomic E-state index is -0.0598. The van der Waals surface area contributed by atoms with Gasteiger partial charge in [-0.15, -0.1) is 43.1 Å². The normalized spacial score (nSPS) is 33.1. The third-order valence-electron chi connectivity index (χ3n) is 25.3. The van der Waals surface area contributed by atoms with E-state index in [2.05, 4.69) is 136 Å². The topological polar surface area (TPSA) is 298 Å². The molecule has 8 aliphatic carbocycles. The van der Waals surface area contributed by atoms with Gasteiger partial charge in [-0.05, 0) is 208 Å². The SMILES string of the molecule is CNC1CC2CC2CN(CC2=CC(C)(C)C=C2)C1=O.CNC1CC2CC2CN(CC2=CC=CC2(C)C)C1=O.CNC1CC2CC2CN(Cc2cnc(C)o2)C1=O.CNC1CC2CC2CN(Cc2cnc(C)s2)C1=O.CNC1CC2CC2CN(Cc2nnco2)C1=O.CNC1CC2CC2CN(Cc2nncs2)C1=O. The maximum absolute atomic E-state index is 12.6. The number of rotatable bonds is 18. The van der Waals surface area contributed by atoms with Crippen LogP contribution in [0.5, 0.6) is 0 Å². The minimum absolute atomic E-state index is 0.0107. The molecule has 4 aromatic heterocycles. The molecular formula is C80H118N18O8S2. The summed E-state index contributed by atoms with van der Waals surface area (Å²) < 4.78 is 10.6. The highest BCUT2D eigenvalue weighted by Gasteiger charge is 2.51. The highest BCUT2D eigenvalue weighted by molar-refractivity contribution is 7.11. The monoisotopic (exact) mass is 1520 g/mol. The Hall–Kier alpha value is -6.92. The Kier molecular flexibility index (Phi) is 25.2. The van der Waals surface area contributed by atoms with E-state index >= 15 is 0 Å². The number of hydrogen-bond donors (Lipinski definition) is 6. The maximum atomic E-state index is 12.6. The zero-order valence-electron chi connectivity index (χ0n) is 65.6. The summed E-state index contributed by atoms with van der Waals surface area (Å²) in [6.45, 7) is 22.0. The molecule has 18 rings (SSSR count). The van der Waals surface area contributed by atoms with Gasteiger partial charge in [0.15, 0.2) is 5.89 Å². The first kappa shape index (κ1) is 79.2. The fourth-order valence-corrected chi connectivity index (χ4v) is 19.2. The van der Waals surface area contributed by atoms with Gasteiger partial charge in [0.05, 0.1) is 73.6 Å². The lowest BCUT2D eigenvalue weighted by Crippen LogP contribution is -2.46. The van der Waals surface area contributed by atoms with Crippen LogP contribution in [-0.2, 0) is 54.9 Å². The number of amides is 6. The van der Waals surface area contributed by atoms with Crippen LogP contribution in [0.15, 0.2) is 80.7 Å². The number of aryl methyl sites for hydroxylation is 2. The van der Waals surface area contributed by atoms with Crippen LogP contribution in [0.25, 0.3) is 0 Å². The second-order valence-corrected chi connectivity index (χ2v) is 36.5. The molecule has 18 atom stereocenters. The lowest BCUT2D eigenvalue weighted by Gasteiger charge is -2.30. The van der Waals surface area contributed by atoms with Crippen LogP contribution in [0, 0.1) is 95.7 Å². The Balaban J connectivity index is 0.000000114. The van der Waals surface area contributed by atoms with E-state index in [0.717, 1.165) is 161 Å². The first-order chi connectivity index (χ1) is 51.9. The summed E-state index contributed by atoms with van der Waals surface area (Å²) in [6, 6.07) is -0.0500. The van der Waals surface area contributed by atoms with E-state index in [9.17, 15) is 28.8 Å². The summed E-state index contributed by atoms with van der Waals surface area (Å²) in [7, 11) is 11.3. The fourth-order valence-electron chi connectivity index (χ4n) is 17.8. The smallest absolute Gasteiger partial charge is 0.240 e. The summed E-state index contributed by atoms with van der Waals surface area (Å²) in [6.07, 6.45) is 31.8. The fraction of sp³-hybridized carbons (Fsp3) is 0.700. The lowest BCUT2D eigenvalue weighted by atomic mass is 9.87. The number of likely N-dealkylation sites (tertiary alicyclic amines) is 6. The van der Waals surface area contributed by atoms with Crippen molar-refractivity contribution in [3.05, 3.63) is 104 Å². The number of nitrogens with one attached hydrogen (secondary N) is 6. The van der Waals surface area contributed by atoms with E-state index < -0.39 is 0 Å². The molecule has 4 aromatic rings. The average molecular weight is 1520 g/mol. The molecule has 6 amide bonds. The van der Waals surface area contributed by atoms with E-state index in [0.29, 0.717) is 61.0 Å². The van der Waals surface area contributed by atoms with Crippen molar-refractivity contribution < 1.29 is 37.6 Å². The zero-order chi connectivity index (χ0) is 76.3. The van der Waals surface area contributed by atoms with Gasteiger partial charge >= 0.3 is 0 Å². The standard InChI is InChI=1S/2C16H24N2O.C13H19N3O2.C13H19N3OS.C11H16N4O2.C11H16N4OS/c1-16(2)5-4-11(8-16)9-18-10-13-6-12(13)7-14(17-3)15(18)19;1-16(2)6-4-5-13(16)10-18-9-12-7-11(12)8-14(17-3)15(18)19;2*1-8-15-5-11(18-8)7-16-6-10-3-9(10)4-12(14-2)13(16)17;2*1-12-9-3-7-2-8(7)4-15(11(9)16)5-10-14-13-6-17-10/h4-5,8,12-14,17H,6-7,9-10H2,1-3H3;4-6,11-12,14,17H,7-10H2,1-3H3;2*5,9-10,12,14H,3-4,6-7H2,1-2H3;2*6-9,12H,2-5H2,1H3. The van der Waals surface area contributed by atoms with Gasteiger partial charge in [-0.1, -0.05) is 64.2 Å². The molecule has 26 nitrogen and oxygen atoms in total. The Morgan fingerprint density at radius 3 is 1.22 bits per heavy atom. The van der Waals surface area contributed by atoms with E-state index in [-0.39, 0.29) is 76.6 Å². The Labute approximate surface area is 645 Å². The molecule has 0 aromatic carbocycles. The zero-order valence-corrected chi connectivity index (χ0v) is 67.2. The van der Waals surface area contributed by atoms with Gasteiger partial charge in [-0.3, -0.25) is 28.8 Å². The number of oxazole rings is 1. The molecule has 588 valence electrons. The van der Waals surface area contributed by atoms with Crippen molar-refractivity contribution >= 4 is 58.1 Å². The van der Waals surface area contributed by atoms with Crippen LogP contribution < -0.4 is 31.9 Å². The third-order valence-corrected chi connectivity index (χ3v) is 26.9. The third kappa shape index (κ3) is 20.2. The van der Waals surface area contributed by atoms with Gasteiger partial charge < -0.3 is 70.1 Å². The summed E-state index contributed by atoms with van der Waals surface area (Å²) in [5, 5.41) is 36.2. The molecule has 108 heavy (non-hydrogen) atoms. The van der Waals surface area contributed by atoms with Crippen LogP contribution in [0.1, 0.15) is 137 Å². The van der Waals surface area contributed by atoms with Gasteiger partial charge in [-0.25, -0.2) is 9.97 Å². The largest absolute Gasteiger partial charge is 0.444 e. The van der Waals surface area contributed by atoms with E-state index in [1.165, 1.54) is 72.3 Å². The van der Waals surface area contributed by atoms with Crippen LogP contribution in [0.4, 0.5) is 0 Å². The van der Waals surface area contributed by atoms with Gasteiger partial charge in [0.2, 0.25) is 47.7 Å². The van der Waals surface area contributed by atoms with E-state index in [4.69, 9.17) is 8.83 Å². The summed E-state index contributed by atoms with van der Waals surface area (Å²) in [4.78, 5) is 95.7. The van der Waals surface area contributed by atoms with Gasteiger partial charge in [0, 0.05) is 81.2 Å². The molecule has 18 unspecified atom stereocenters. The van der Waals surface area contributed by atoms with Crippen LogP contribution >= 0.6 is 22.7 Å². The van der Waals surface area contributed by atoms with Crippen LogP contribution in [0.2, 0.25) is 0 Å². The summed E-state index contributed by atoms with van der Waals surface area (Å²) >= 11 is 3.20. The number of carbonyl (C=O) groups excluding carboxylic acids is 6. The molecule has 12 fully saturated rings. The Morgan fingerprint density at radius 1 is 0.463 bits per heavy atom. The number of aromatic nitrogens is 6. The first-order valence-electron chi connectivity index (χ1n) is 39.8. The number of fused-ring (bicyclic) bond motifs is 6. The molecule has 28 heteroatoms. The average Bonchev–Trinajstić information content (AvgIpc) is 1.67. The van der Waals surface area contributed by atoms with E-state index in [1.807, 2.05) is 81.9 Å². The molecule has 0 bridgehead atoms. The molecule has 6 aliphatic heterocycles. The molecule has 10 heterocycles. The first-order valence-corrected chi connectivity index (χ1v) is 41.5. The van der Waals surface area contributed by atoms with Crippen LogP contribution in [0.3, 0.4) is 0 Å². The number of nitrogens with zero attached hydrogens (tertiary/aromatic N) is 12. The van der Waals surface area contributed by atoms with Crippen molar-refractivity contribution in [3.63, 3.8) is 0 Å². The minimum Gasteiger partial charge on any atom is -0.444 e. The molecule has 6 saturated heterocycles. The van der Waals surface area contributed by atoms with E-state index in [1.54, 1.807) is 23.0 Å². The molecular weight excluding hydrogens is 1410 g/mol. The molecule has 0 radical (unpaired) electrons. The molecule has 0 spiro atoms. The van der Waals surface area contributed by atoms with Crippen molar-refractivity contribution in [1.82, 2.24) is 91.7 Å².